The van der Waals surface area contributed by atoms with Crippen LogP contribution in [0.25, 0.3) is 0 Å². The third kappa shape index (κ3) is 3.45. The number of carboxylic acids is 1. The highest BCUT2D eigenvalue weighted by atomic mass is 16.5. The van der Waals surface area contributed by atoms with Gasteiger partial charge in [-0.05, 0) is 17.7 Å². The molecule has 1 aromatic heterocycles. The molecular weight excluding hydrogens is 262 g/mol. The zero-order chi connectivity index (χ0) is 14.4. The SMILES string of the molecule is O=C(NCc1ccncc1)NC1(C(=O)O)CCOCC1. The van der Waals surface area contributed by atoms with Gasteiger partial charge in [-0.1, -0.05) is 0 Å². The van der Waals surface area contributed by atoms with E-state index in [9.17, 15) is 14.7 Å². The maximum absolute atomic E-state index is 11.9. The van der Waals surface area contributed by atoms with Gasteiger partial charge in [0.25, 0.3) is 0 Å². The molecule has 0 bridgehead atoms. The molecular formula is C13H17N3O4. The van der Waals surface area contributed by atoms with Crippen molar-refractivity contribution in [2.45, 2.75) is 24.9 Å². The summed E-state index contributed by atoms with van der Waals surface area (Å²) in [6.45, 7) is 0.981. The number of urea groups is 1. The lowest BCUT2D eigenvalue weighted by Gasteiger charge is -2.33. The van der Waals surface area contributed by atoms with Gasteiger partial charge in [-0.2, -0.15) is 0 Å². The van der Waals surface area contributed by atoms with Crippen molar-refractivity contribution in [3.63, 3.8) is 0 Å². The predicted molar refractivity (Wildman–Crippen MR) is 70.0 cm³/mol. The average molecular weight is 279 g/mol. The van der Waals surface area contributed by atoms with E-state index in [1.807, 2.05) is 0 Å². The lowest BCUT2D eigenvalue weighted by Crippen LogP contribution is -2.59. The number of aromatic nitrogens is 1. The smallest absolute Gasteiger partial charge is 0.329 e. The van der Waals surface area contributed by atoms with Gasteiger partial charge in [0.05, 0.1) is 0 Å². The number of ether oxygens (including phenoxy) is 1. The van der Waals surface area contributed by atoms with E-state index in [-0.39, 0.29) is 12.8 Å². The molecule has 0 radical (unpaired) electrons. The summed E-state index contributed by atoms with van der Waals surface area (Å²) in [4.78, 5) is 27.1. The van der Waals surface area contributed by atoms with Gasteiger partial charge >= 0.3 is 12.0 Å². The van der Waals surface area contributed by atoms with Crippen LogP contribution in [0.5, 0.6) is 0 Å². The van der Waals surface area contributed by atoms with E-state index in [2.05, 4.69) is 15.6 Å². The minimum atomic E-state index is -1.24. The van der Waals surface area contributed by atoms with Crippen LogP contribution in [0.15, 0.2) is 24.5 Å². The van der Waals surface area contributed by atoms with Crippen LogP contribution < -0.4 is 10.6 Å². The van der Waals surface area contributed by atoms with Crippen molar-refractivity contribution in [1.29, 1.82) is 0 Å². The largest absolute Gasteiger partial charge is 0.480 e. The molecule has 1 saturated heterocycles. The number of pyridine rings is 1. The summed E-state index contributed by atoms with van der Waals surface area (Å²) < 4.78 is 5.14. The Hall–Kier alpha value is -2.15. The molecule has 1 fully saturated rings. The number of aliphatic carboxylic acids is 1. The molecule has 0 unspecified atom stereocenters. The Balaban J connectivity index is 1.90. The number of nitrogens with one attached hydrogen (secondary N) is 2. The monoisotopic (exact) mass is 279 g/mol. The average Bonchev–Trinajstić information content (AvgIpc) is 2.47. The first-order valence-corrected chi connectivity index (χ1v) is 6.38. The van der Waals surface area contributed by atoms with Crippen LogP contribution >= 0.6 is 0 Å². The molecule has 0 spiro atoms. The van der Waals surface area contributed by atoms with Crippen LogP contribution in [-0.4, -0.2) is 40.8 Å². The van der Waals surface area contributed by atoms with E-state index < -0.39 is 17.5 Å². The van der Waals surface area contributed by atoms with Crippen molar-refractivity contribution in [2.24, 2.45) is 0 Å². The van der Waals surface area contributed by atoms with E-state index in [0.29, 0.717) is 19.8 Å². The molecule has 1 aromatic rings. The molecule has 2 rings (SSSR count). The number of hydrogen-bond acceptors (Lipinski definition) is 4. The molecule has 2 amide bonds. The maximum Gasteiger partial charge on any atom is 0.329 e. The third-order valence-electron chi connectivity index (χ3n) is 3.31. The first kappa shape index (κ1) is 14.3. The lowest BCUT2D eigenvalue weighted by atomic mass is 9.90. The highest BCUT2D eigenvalue weighted by molar-refractivity contribution is 5.86. The first-order chi connectivity index (χ1) is 9.62. The van der Waals surface area contributed by atoms with E-state index in [0.717, 1.165) is 5.56 Å². The number of hydrogen-bond donors (Lipinski definition) is 3. The normalized spacial score (nSPS) is 17.2. The molecule has 20 heavy (non-hydrogen) atoms. The lowest BCUT2D eigenvalue weighted by molar-refractivity contribution is -0.148. The van der Waals surface area contributed by atoms with Crippen molar-refractivity contribution in [2.75, 3.05) is 13.2 Å². The molecule has 7 heteroatoms. The fourth-order valence-corrected chi connectivity index (χ4v) is 2.06. The Morgan fingerprint density at radius 2 is 1.95 bits per heavy atom. The summed E-state index contributed by atoms with van der Waals surface area (Å²) in [6.07, 6.45) is 3.80. The Kier molecular flexibility index (Phi) is 4.52. The zero-order valence-corrected chi connectivity index (χ0v) is 11.0. The quantitative estimate of drug-likeness (QED) is 0.745. The van der Waals surface area contributed by atoms with Crippen molar-refractivity contribution >= 4 is 12.0 Å². The summed E-state index contributed by atoms with van der Waals surface area (Å²) in [7, 11) is 0. The summed E-state index contributed by atoms with van der Waals surface area (Å²) in [5.41, 5.74) is -0.341. The van der Waals surface area contributed by atoms with Crippen LogP contribution in [0.2, 0.25) is 0 Å². The van der Waals surface area contributed by atoms with Gasteiger partial charge < -0.3 is 20.5 Å². The highest BCUT2D eigenvalue weighted by Gasteiger charge is 2.41. The molecule has 1 aliphatic heterocycles. The van der Waals surface area contributed by atoms with Crippen LogP contribution in [0, 0.1) is 0 Å². The van der Waals surface area contributed by atoms with E-state index in [4.69, 9.17) is 4.74 Å². The van der Waals surface area contributed by atoms with Gasteiger partial charge in [0.15, 0.2) is 0 Å². The van der Waals surface area contributed by atoms with Gasteiger partial charge in [0.2, 0.25) is 0 Å². The predicted octanol–water partition coefficient (Wildman–Crippen LogP) is 0.515. The Bertz CT molecular complexity index is 472. The van der Waals surface area contributed by atoms with Crippen LogP contribution in [0.3, 0.4) is 0 Å². The fraction of sp³-hybridized carbons (Fsp3) is 0.462. The number of carbonyl (C=O) groups is 2. The Morgan fingerprint density at radius 3 is 2.55 bits per heavy atom. The second-order valence-electron chi connectivity index (χ2n) is 4.66. The molecule has 0 aliphatic carbocycles. The summed E-state index contributed by atoms with van der Waals surface area (Å²) in [5, 5.41) is 14.5. The second-order valence-corrected chi connectivity index (χ2v) is 4.66. The summed E-state index contributed by atoms with van der Waals surface area (Å²) in [5.74, 6) is -1.03. The molecule has 0 saturated carbocycles. The second kappa shape index (κ2) is 6.33. The van der Waals surface area contributed by atoms with Crippen LogP contribution in [-0.2, 0) is 16.1 Å². The number of carbonyl (C=O) groups excluding carboxylic acids is 1. The Labute approximate surface area is 116 Å². The van der Waals surface area contributed by atoms with Crippen molar-refractivity contribution in [3.8, 4) is 0 Å². The van der Waals surface area contributed by atoms with E-state index >= 15 is 0 Å². The third-order valence-corrected chi connectivity index (χ3v) is 3.31. The van der Waals surface area contributed by atoms with Gasteiger partial charge in [0.1, 0.15) is 5.54 Å². The highest BCUT2D eigenvalue weighted by Crippen LogP contribution is 2.20. The minimum Gasteiger partial charge on any atom is -0.480 e. The molecule has 0 aromatic carbocycles. The van der Waals surface area contributed by atoms with E-state index in [1.54, 1.807) is 24.5 Å². The number of carboxylic acid groups (broad SMARTS) is 1. The van der Waals surface area contributed by atoms with Gasteiger partial charge in [-0.3, -0.25) is 4.98 Å². The Morgan fingerprint density at radius 1 is 1.30 bits per heavy atom. The summed E-state index contributed by atoms with van der Waals surface area (Å²) >= 11 is 0. The molecule has 2 heterocycles. The number of nitrogens with zero attached hydrogens (tertiary/aromatic N) is 1. The number of rotatable bonds is 4. The van der Waals surface area contributed by atoms with Crippen molar-refractivity contribution in [1.82, 2.24) is 15.6 Å². The zero-order valence-electron chi connectivity index (χ0n) is 11.0. The number of amides is 2. The topological polar surface area (TPSA) is 101 Å². The standard InChI is InChI=1S/C13H17N3O4/c17-11(18)13(3-7-20-8-4-13)16-12(19)15-9-10-1-5-14-6-2-10/h1-2,5-6H,3-4,7-9H2,(H,17,18)(H2,15,16,19). The van der Waals surface area contributed by atoms with E-state index in [1.165, 1.54) is 0 Å². The molecule has 7 nitrogen and oxygen atoms in total. The van der Waals surface area contributed by atoms with Gasteiger partial charge in [-0.25, -0.2) is 9.59 Å². The van der Waals surface area contributed by atoms with Crippen LogP contribution in [0.4, 0.5) is 4.79 Å². The molecule has 108 valence electrons. The first-order valence-electron chi connectivity index (χ1n) is 6.38. The van der Waals surface area contributed by atoms with Gasteiger partial charge in [-0.15, -0.1) is 0 Å². The van der Waals surface area contributed by atoms with Crippen molar-refractivity contribution in [3.05, 3.63) is 30.1 Å². The molecule has 0 atom stereocenters. The van der Waals surface area contributed by atoms with Gasteiger partial charge in [0, 0.05) is 45.0 Å². The molecule has 1 aliphatic rings. The maximum atomic E-state index is 11.9. The minimum absolute atomic E-state index is 0.269. The van der Waals surface area contributed by atoms with Crippen LogP contribution in [0.1, 0.15) is 18.4 Å². The fourth-order valence-electron chi connectivity index (χ4n) is 2.06. The van der Waals surface area contributed by atoms with Crippen molar-refractivity contribution < 1.29 is 19.4 Å². The molecule has 3 N–H and O–H groups in total. The summed E-state index contributed by atoms with van der Waals surface area (Å²) in [6, 6.07) is 3.06.